The lowest BCUT2D eigenvalue weighted by molar-refractivity contribution is -0.0704. The van der Waals surface area contributed by atoms with Crippen LogP contribution >= 0.6 is 0 Å². The second-order valence-electron chi connectivity index (χ2n) is 5.07. The second-order valence-corrected chi connectivity index (χ2v) is 5.07. The van der Waals surface area contributed by atoms with Crippen molar-refractivity contribution in [1.82, 2.24) is 4.90 Å². The van der Waals surface area contributed by atoms with Crippen molar-refractivity contribution >= 4 is 12.6 Å². The average Bonchev–Trinajstić information content (AvgIpc) is 2.27. The van der Waals surface area contributed by atoms with Crippen LogP contribution in [0.25, 0.3) is 0 Å². The van der Waals surface area contributed by atoms with Crippen LogP contribution < -0.4 is 5.46 Å². The lowest BCUT2D eigenvalue weighted by Gasteiger charge is -2.35. The third-order valence-electron chi connectivity index (χ3n) is 3.15. The fourth-order valence-electron chi connectivity index (χ4n) is 2.52. The van der Waals surface area contributed by atoms with E-state index in [2.05, 4.69) is 18.7 Å². The Kier molecular flexibility index (Phi) is 4.40. The van der Waals surface area contributed by atoms with E-state index in [4.69, 9.17) is 14.8 Å². The van der Waals surface area contributed by atoms with Gasteiger partial charge >= 0.3 is 7.12 Å². The molecule has 2 unspecified atom stereocenters. The smallest absolute Gasteiger partial charge is 0.423 e. The van der Waals surface area contributed by atoms with Crippen molar-refractivity contribution in [1.29, 1.82) is 0 Å². The summed E-state index contributed by atoms with van der Waals surface area (Å²) >= 11 is 0. The summed E-state index contributed by atoms with van der Waals surface area (Å²) in [6.45, 7) is 6.80. The molecule has 1 aliphatic heterocycles. The summed E-state index contributed by atoms with van der Waals surface area (Å²) in [7, 11) is -1.40. The minimum Gasteiger partial charge on any atom is -0.423 e. The number of benzene rings is 1. The molecule has 1 fully saturated rings. The zero-order chi connectivity index (χ0) is 13.1. The van der Waals surface area contributed by atoms with Gasteiger partial charge in [-0.25, -0.2) is 0 Å². The summed E-state index contributed by atoms with van der Waals surface area (Å²) in [5.74, 6) is 0. The number of nitrogens with zero attached hydrogens (tertiary/aromatic N) is 1. The van der Waals surface area contributed by atoms with Crippen LogP contribution in [0.2, 0.25) is 0 Å². The van der Waals surface area contributed by atoms with Crippen molar-refractivity contribution in [2.45, 2.75) is 32.6 Å². The van der Waals surface area contributed by atoms with E-state index < -0.39 is 7.12 Å². The van der Waals surface area contributed by atoms with Gasteiger partial charge < -0.3 is 14.8 Å². The molecule has 2 N–H and O–H groups in total. The minimum atomic E-state index is -1.40. The van der Waals surface area contributed by atoms with E-state index in [1.165, 1.54) is 0 Å². The summed E-state index contributed by atoms with van der Waals surface area (Å²) in [5, 5.41) is 18.3. The third-order valence-corrected chi connectivity index (χ3v) is 3.15. The van der Waals surface area contributed by atoms with Crippen molar-refractivity contribution in [2.24, 2.45) is 0 Å². The molecule has 1 aliphatic rings. The highest BCUT2D eigenvalue weighted by atomic mass is 16.5. The molecule has 0 radical (unpaired) electrons. The summed E-state index contributed by atoms with van der Waals surface area (Å²) in [6.07, 6.45) is 0.501. The molecule has 98 valence electrons. The molecule has 1 saturated heterocycles. The topological polar surface area (TPSA) is 52.9 Å². The van der Waals surface area contributed by atoms with Gasteiger partial charge in [-0.2, -0.15) is 0 Å². The summed E-state index contributed by atoms with van der Waals surface area (Å²) in [6, 6.07) is 7.43. The van der Waals surface area contributed by atoms with Crippen LogP contribution in [0, 0.1) is 0 Å². The molecule has 4 nitrogen and oxygen atoms in total. The van der Waals surface area contributed by atoms with Gasteiger partial charge in [0.05, 0.1) is 12.2 Å². The van der Waals surface area contributed by atoms with Crippen LogP contribution in [0.15, 0.2) is 24.3 Å². The van der Waals surface area contributed by atoms with E-state index in [-0.39, 0.29) is 12.2 Å². The predicted molar refractivity (Wildman–Crippen MR) is 71.6 cm³/mol. The van der Waals surface area contributed by atoms with E-state index in [1.807, 2.05) is 18.2 Å². The van der Waals surface area contributed by atoms with Gasteiger partial charge in [-0.1, -0.05) is 24.3 Å². The maximum atomic E-state index is 9.16. The molecule has 0 spiro atoms. The van der Waals surface area contributed by atoms with Gasteiger partial charge in [0.25, 0.3) is 0 Å². The number of morpholine rings is 1. The van der Waals surface area contributed by atoms with Crippen molar-refractivity contribution in [2.75, 3.05) is 13.1 Å². The van der Waals surface area contributed by atoms with Crippen LogP contribution in [0.1, 0.15) is 19.4 Å². The van der Waals surface area contributed by atoms with E-state index in [9.17, 15) is 0 Å². The number of rotatable bonds is 3. The van der Waals surface area contributed by atoms with Gasteiger partial charge in [-0.05, 0) is 24.9 Å². The Morgan fingerprint density at radius 1 is 1.28 bits per heavy atom. The molecule has 0 aromatic heterocycles. The quantitative estimate of drug-likeness (QED) is 0.739. The van der Waals surface area contributed by atoms with Crippen LogP contribution in [0.4, 0.5) is 0 Å². The molecule has 0 aliphatic carbocycles. The van der Waals surface area contributed by atoms with Gasteiger partial charge in [-0.15, -0.1) is 0 Å². The molecule has 0 bridgehead atoms. The SMILES string of the molecule is CC1CN(Cc2cccc(B(O)O)c2)CC(C)O1. The van der Waals surface area contributed by atoms with Crippen LogP contribution in [-0.2, 0) is 11.3 Å². The normalized spacial score (nSPS) is 25.1. The zero-order valence-corrected chi connectivity index (χ0v) is 10.9. The molecule has 2 rings (SSSR count). The van der Waals surface area contributed by atoms with Crippen LogP contribution in [0.3, 0.4) is 0 Å². The van der Waals surface area contributed by atoms with Crippen molar-refractivity contribution in [3.8, 4) is 0 Å². The Morgan fingerprint density at radius 3 is 2.56 bits per heavy atom. The number of ether oxygens (including phenoxy) is 1. The second kappa shape index (κ2) is 5.84. The predicted octanol–water partition coefficient (Wildman–Crippen LogP) is -0.0244. The number of hydrogen-bond donors (Lipinski definition) is 2. The highest BCUT2D eigenvalue weighted by molar-refractivity contribution is 6.58. The van der Waals surface area contributed by atoms with Gasteiger partial charge in [0.15, 0.2) is 0 Å². The molecule has 18 heavy (non-hydrogen) atoms. The van der Waals surface area contributed by atoms with Crippen molar-refractivity contribution in [3.05, 3.63) is 29.8 Å². The molecular formula is C13H20BNO3. The van der Waals surface area contributed by atoms with Gasteiger partial charge in [0.1, 0.15) is 0 Å². The highest BCUT2D eigenvalue weighted by Gasteiger charge is 2.22. The lowest BCUT2D eigenvalue weighted by Crippen LogP contribution is -2.45. The van der Waals surface area contributed by atoms with E-state index in [0.717, 1.165) is 25.2 Å². The fourth-order valence-corrected chi connectivity index (χ4v) is 2.52. The minimum absolute atomic E-state index is 0.250. The molecule has 0 saturated carbocycles. The number of hydrogen-bond acceptors (Lipinski definition) is 4. The van der Waals surface area contributed by atoms with Gasteiger partial charge in [-0.3, -0.25) is 4.90 Å². The first-order valence-electron chi connectivity index (χ1n) is 6.37. The maximum Gasteiger partial charge on any atom is 0.488 e. The summed E-state index contributed by atoms with van der Waals surface area (Å²) in [5.41, 5.74) is 1.64. The van der Waals surface area contributed by atoms with Crippen LogP contribution in [0.5, 0.6) is 0 Å². The summed E-state index contributed by atoms with van der Waals surface area (Å²) < 4.78 is 5.69. The first-order valence-corrected chi connectivity index (χ1v) is 6.37. The highest BCUT2D eigenvalue weighted by Crippen LogP contribution is 2.13. The Morgan fingerprint density at radius 2 is 1.94 bits per heavy atom. The largest absolute Gasteiger partial charge is 0.488 e. The average molecular weight is 249 g/mol. The molecule has 0 amide bonds. The zero-order valence-electron chi connectivity index (χ0n) is 10.9. The molecular weight excluding hydrogens is 229 g/mol. The van der Waals surface area contributed by atoms with E-state index in [1.54, 1.807) is 6.07 Å². The van der Waals surface area contributed by atoms with Gasteiger partial charge in [0.2, 0.25) is 0 Å². The van der Waals surface area contributed by atoms with Gasteiger partial charge in [0, 0.05) is 19.6 Å². The molecule has 2 atom stereocenters. The van der Waals surface area contributed by atoms with E-state index in [0.29, 0.717) is 5.46 Å². The van der Waals surface area contributed by atoms with Crippen molar-refractivity contribution in [3.63, 3.8) is 0 Å². The summed E-state index contributed by atoms with van der Waals surface area (Å²) in [4.78, 5) is 2.34. The monoisotopic (exact) mass is 249 g/mol. The molecule has 1 aromatic carbocycles. The van der Waals surface area contributed by atoms with E-state index >= 15 is 0 Å². The van der Waals surface area contributed by atoms with Crippen LogP contribution in [-0.4, -0.2) is 47.4 Å². The first-order chi connectivity index (χ1) is 8.54. The Balaban J connectivity index is 2.02. The third kappa shape index (κ3) is 3.56. The fraction of sp³-hybridized carbons (Fsp3) is 0.538. The maximum absolute atomic E-state index is 9.16. The molecule has 1 aromatic rings. The first kappa shape index (κ1) is 13.6. The standard InChI is InChI=1S/C13H20BNO3/c1-10-7-15(8-11(2)18-10)9-12-4-3-5-13(6-12)14(16)17/h3-6,10-11,16-17H,7-9H2,1-2H3. The molecule has 1 heterocycles. The Bertz CT molecular complexity index is 390. The molecule has 5 heteroatoms. The Hall–Kier alpha value is -0.875. The Labute approximate surface area is 108 Å². The lowest BCUT2D eigenvalue weighted by atomic mass is 9.79. The van der Waals surface area contributed by atoms with Crippen molar-refractivity contribution < 1.29 is 14.8 Å².